The summed E-state index contributed by atoms with van der Waals surface area (Å²) in [5.41, 5.74) is 2.40. The molecule has 0 saturated carbocycles. The number of benzene rings is 5. The van der Waals surface area contributed by atoms with E-state index < -0.39 is 17.1 Å². The van der Waals surface area contributed by atoms with Gasteiger partial charge in [0.2, 0.25) is 5.91 Å². The fourth-order valence-electron chi connectivity index (χ4n) is 5.17. The molecular formula is C36H24N2O6S. The highest BCUT2D eigenvalue weighted by Crippen LogP contribution is 2.38. The molecular weight excluding hydrogens is 588 g/mol. The van der Waals surface area contributed by atoms with Crippen LogP contribution in [-0.4, -0.2) is 34.5 Å². The standard InChI is InChI=1S/C36H24N2O6S/c39-31-24-11-4-5-12-25(24)32(40)30-28(31)15-8-16-29(30)38-35(42)33(21-9-2-1-3-10-21)45-23-19-17-22(18-20-23)37-34(41)26-13-6-7-14-27(26)36(43)44/h1-20,33H,(H,37,41)(H,38,42)(H,43,44). The smallest absolute Gasteiger partial charge is 0.336 e. The summed E-state index contributed by atoms with van der Waals surface area (Å²) in [4.78, 5) is 65.5. The zero-order valence-corrected chi connectivity index (χ0v) is 24.3. The average Bonchev–Trinajstić information content (AvgIpc) is 3.07. The molecule has 0 bridgehead atoms. The number of carbonyl (C=O) groups excluding carboxylic acids is 4. The molecule has 0 aromatic heterocycles. The predicted molar refractivity (Wildman–Crippen MR) is 171 cm³/mol. The van der Waals surface area contributed by atoms with Gasteiger partial charge in [-0.1, -0.05) is 78.9 Å². The summed E-state index contributed by atoms with van der Waals surface area (Å²) in [6, 6.07) is 33.4. The van der Waals surface area contributed by atoms with Crippen molar-refractivity contribution >= 4 is 52.5 Å². The number of amides is 2. The molecule has 0 spiro atoms. The number of carboxylic acid groups (broad SMARTS) is 1. The summed E-state index contributed by atoms with van der Waals surface area (Å²) in [7, 11) is 0. The van der Waals surface area contributed by atoms with Crippen LogP contribution in [0.5, 0.6) is 0 Å². The number of hydrogen-bond acceptors (Lipinski definition) is 6. The van der Waals surface area contributed by atoms with Gasteiger partial charge in [0, 0.05) is 27.3 Å². The number of nitrogens with one attached hydrogen (secondary N) is 2. The lowest BCUT2D eigenvalue weighted by molar-refractivity contribution is -0.115. The molecule has 8 nitrogen and oxygen atoms in total. The van der Waals surface area contributed by atoms with Gasteiger partial charge in [-0.15, -0.1) is 11.8 Å². The molecule has 1 aliphatic carbocycles. The SMILES string of the molecule is O=C(O)c1ccccc1C(=O)Nc1ccc(SC(C(=O)Nc2cccc3c2C(=O)c2ccccc2C3=O)c2ccccc2)cc1. The highest BCUT2D eigenvalue weighted by molar-refractivity contribution is 8.00. The molecule has 0 aliphatic heterocycles. The van der Waals surface area contributed by atoms with Crippen LogP contribution in [0.2, 0.25) is 0 Å². The Morgan fingerprint density at radius 2 is 1.20 bits per heavy atom. The maximum atomic E-state index is 13.9. The van der Waals surface area contributed by atoms with Gasteiger partial charge in [-0.2, -0.15) is 0 Å². The van der Waals surface area contributed by atoms with Crippen molar-refractivity contribution in [3.8, 4) is 0 Å². The van der Waals surface area contributed by atoms with E-state index in [1.807, 2.05) is 30.3 Å². The first-order valence-electron chi connectivity index (χ1n) is 13.9. The Hall–Kier alpha value is -5.80. The highest BCUT2D eigenvalue weighted by Gasteiger charge is 2.32. The van der Waals surface area contributed by atoms with Crippen LogP contribution >= 0.6 is 11.8 Å². The van der Waals surface area contributed by atoms with Crippen LogP contribution in [0.15, 0.2) is 126 Å². The lowest BCUT2D eigenvalue weighted by Gasteiger charge is -2.22. The minimum atomic E-state index is -1.20. The lowest BCUT2D eigenvalue weighted by Crippen LogP contribution is -2.25. The molecule has 6 rings (SSSR count). The molecule has 0 fully saturated rings. The molecule has 1 atom stereocenters. The van der Waals surface area contributed by atoms with E-state index in [9.17, 15) is 29.1 Å². The molecule has 1 unspecified atom stereocenters. The van der Waals surface area contributed by atoms with Crippen molar-refractivity contribution in [1.29, 1.82) is 0 Å². The van der Waals surface area contributed by atoms with Gasteiger partial charge in [-0.05, 0) is 48.0 Å². The van der Waals surface area contributed by atoms with E-state index in [-0.39, 0.29) is 45.4 Å². The number of thioether (sulfide) groups is 1. The third-order valence-corrected chi connectivity index (χ3v) is 8.59. The first-order valence-corrected chi connectivity index (χ1v) is 14.8. The van der Waals surface area contributed by atoms with Crippen LogP contribution in [-0.2, 0) is 4.79 Å². The molecule has 9 heteroatoms. The van der Waals surface area contributed by atoms with Crippen molar-refractivity contribution in [2.24, 2.45) is 0 Å². The fourth-order valence-corrected chi connectivity index (χ4v) is 6.19. The number of carbonyl (C=O) groups is 5. The summed E-state index contributed by atoms with van der Waals surface area (Å²) in [5, 5.41) is 14.3. The van der Waals surface area contributed by atoms with Crippen molar-refractivity contribution in [2.75, 3.05) is 10.6 Å². The zero-order valence-electron chi connectivity index (χ0n) is 23.5. The van der Waals surface area contributed by atoms with Gasteiger partial charge in [0.15, 0.2) is 11.6 Å². The number of anilines is 2. The van der Waals surface area contributed by atoms with E-state index in [0.717, 1.165) is 10.5 Å². The van der Waals surface area contributed by atoms with E-state index in [4.69, 9.17) is 0 Å². The number of hydrogen-bond donors (Lipinski definition) is 3. The maximum absolute atomic E-state index is 13.9. The van der Waals surface area contributed by atoms with E-state index in [1.54, 1.807) is 78.9 Å². The second kappa shape index (κ2) is 12.4. The van der Waals surface area contributed by atoms with Gasteiger partial charge in [0.1, 0.15) is 5.25 Å². The Bertz CT molecular complexity index is 1990. The number of rotatable bonds is 8. The monoisotopic (exact) mass is 612 g/mol. The number of carboxylic acids is 1. The van der Waals surface area contributed by atoms with Gasteiger partial charge in [-0.25, -0.2) is 4.79 Å². The van der Waals surface area contributed by atoms with Crippen molar-refractivity contribution < 1.29 is 29.1 Å². The second-order valence-electron chi connectivity index (χ2n) is 10.2. The molecule has 0 saturated heterocycles. The summed E-state index contributed by atoms with van der Waals surface area (Å²) in [6.45, 7) is 0. The fraction of sp³-hybridized carbons (Fsp3) is 0.0278. The minimum Gasteiger partial charge on any atom is -0.478 e. The number of fused-ring (bicyclic) bond motifs is 2. The Morgan fingerprint density at radius 1 is 0.600 bits per heavy atom. The zero-order chi connectivity index (χ0) is 31.5. The van der Waals surface area contributed by atoms with E-state index in [1.165, 1.54) is 23.9 Å². The van der Waals surface area contributed by atoms with Crippen LogP contribution in [0.4, 0.5) is 11.4 Å². The quantitative estimate of drug-likeness (QED) is 0.160. The Labute approximate surface area is 262 Å². The summed E-state index contributed by atoms with van der Waals surface area (Å²) in [5.74, 6) is -2.75. The van der Waals surface area contributed by atoms with Crippen LogP contribution in [0.1, 0.15) is 63.4 Å². The molecule has 0 heterocycles. The van der Waals surface area contributed by atoms with E-state index in [2.05, 4.69) is 10.6 Å². The van der Waals surface area contributed by atoms with Crippen molar-refractivity contribution in [2.45, 2.75) is 10.1 Å². The Morgan fingerprint density at radius 3 is 1.89 bits per heavy atom. The van der Waals surface area contributed by atoms with Gasteiger partial charge >= 0.3 is 5.97 Å². The average molecular weight is 613 g/mol. The third-order valence-electron chi connectivity index (χ3n) is 7.32. The molecule has 45 heavy (non-hydrogen) atoms. The summed E-state index contributed by atoms with van der Waals surface area (Å²) < 4.78 is 0. The largest absolute Gasteiger partial charge is 0.478 e. The van der Waals surface area contributed by atoms with Gasteiger partial charge in [0.25, 0.3) is 5.91 Å². The van der Waals surface area contributed by atoms with Gasteiger partial charge in [0.05, 0.1) is 22.4 Å². The molecule has 3 N–H and O–H groups in total. The van der Waals surface area contributed by atoms with E-state index in [0.29, 0.717) is 16.8 Å². The predicted octanol–water partition coefficient (Wildman–Crippen LogP) is 6.88. The second-order valence-corrected chi connectivity index (χ2v) is 11.3. The lowest BCUT2D eigenvalue weighted by atomic mass is 9.83. The summed E-state index contributed by atoms with van der Waals surface area (Å²) in [6.07, 6.45) is 0. The molecule has 0 radical (unpaired) electrons. The van der Waals surface area contributed by atoms with Crippen LogP contribution in [0.25, 0.3) is 0 Å². The van der Waals surface area contributed by atoms with Crippen LogP contribution in [0, 0.1) is 0 Å². The van der Waals surface area contributed by atoms with Gasteiger partial charge < -0.3 is 15.7 Å². The number of ketones is 2. The molecule has 5 aromatic carbocycles. The maximum Gasteiger partial charge on any atom is 0.336 e. The highest BCUT2D eigenvalue weighted by atomic mass is 32.2. The van der Waals surface area contributed by atoms with Gasteiger partial charge in [-0.3, -0.25) is 19.2 Å². The van der Waals surface area contributed by atoms with Crippen molar-refractivity contribution in [1.82, 2.24) is 0 Å². The molecule has 220 valence electrons. The summed E-state index contributed by atoms with van der Waals surface area (Å²) >= 11 is 1.27. The van der Waals surface area contributed by atoms with Crippen LogP contribution < -0.4 is 10.6 Å². The molecule has 1 aliphatic rings. The first-order chi connectivity index (χ1) is 21.8. The first kappa shape index (κ1) is 29.3. The topological polar surface area (TPSA) is 130 Å². The normalized spacial score (nSPS) is 12.4. The molecule has 2 amide bonds. The minimum absolute atomic E-state index is 0.0380. The molecule has 5 aromatic rings. The van der Waals surface area contributed by atoms with Crippen LogP contribution in [0.3, 0.4) is 0 Å². The Balaban J connectivity index is 1.24. The van der Waals surface area contributed by atoms with E-state index >= 15 is 0 Å². The van der Waals surface area contributed by atoms with Crippen molar-refractivity contribution in [3.05, 3.63) is 160 Å². The Kier molecular flexibility index (Phi) is 8.09. The number of aromatic carboxylic acids is 1. The van der Waals surface area contributed by atoms with Crippen molar-refractivity contribution in [3.63, 3.8) is 0 Å². The third kappa shape index (κ3) is 5.89.